The maximum atomic E-state index is 12.2. The van der Waals surface area contributed by atoms with Gasteiger partial charge in [0.1, 0.15) is 5.82 Å². The number of aromatic nitrogens is 5. The van der Waals surface area contributed by atoms with E-state index in [9.17, 15) is 4.79 Å². The Bertz CT molecular complexity index is 743. The fraction of sp³-hybridized carbons (Fsp3) is 0.706. The monoisotopic (exact) mass is 346 g/mol. The fourth-order valence-electron chi connectivity index (χ4n) is 2.93. The van der Waals surface area contributed by atoms with E-state index >= 15 is 0 Å². The number of carbonyl (C=O) groups excluding carboxylic acids is 1. The predicted octanol–water partition coefficient (Wildman–Crippen LogP) is 2.10. The van der Waals surface area contributed by atoms with Crippen LogP contribution in [-0.4, -0.2) is 30.8 Å². The van der Waals surface area contributed by atoms with Gasteiger partial charge in [-0.2, -0.15) is 4.98 Å². The van der Waals surface area contributed by atoms with Gasteiger partial charge in [0, 0.05) is 31.2 Å². The van der Waals surface area contributed by atoms with Crippen LogP contribution in [0.4, 0.5) is 0 Å². The minimum atomic E-state index is -0.136. The molecule has 25 heavy (non-hydrogen) atoms. The van der Waals surface area contributed by atoms with Crippen LogP contribution in [0.15, 0.2) is 4.52 Å². The number of aryl methyl sites for hydroxylation is 2. The molecule has 0 bridgehead atoms. The topological polar surface area (TPSA) is 98.7 Å². The van der Waals surface area contributed by atoms with E-state index in [1.807, 2.05) is 27.7 Å². The van der Waals surface area contributed by atoms with Crippen molar-refractivity contribution >= 4 is 5.91 Å². The first kappa shape index (κ1) is 17.6. The lowest BCUT2D eigenvalue weighted by Crippen LogP contribution is -2.28. The second kappa shape index (κ2) is 6.93. The molecule has 0 aromatic carbocycles. The molecule has 3 rings (SSSR count). The van der Waals surface area contributed by atoms with Crippen molar-refractivity contribution in [3.63, 3.8) is 0 Å². The third-order valence-corrected chi connectivity index (χ3v) is 4.34. The summed E-state index contributed by atoms with van der Waals surface area (Å²) >= 11 is 0. The van der Waals surface area contributed by atoms with Crippen LogP contribution in [0, 0.1) is 0 Å². The van der Waals surface area contributed by atoms with Crippen LogP contribution in [0.3, 0.4) is 0 Å². The Morgan fingerprint density at radius 2 is 2.16 bits per heavy atom. The Hall–Kier alpha value is -2.25. The van der Waals surface area contributed by atoms with E-state index in [4.69, 9.17) is 4.52 Å². The molecule has 136 valence electrons. The van der Waals surface area contributed by atoms with Crippen LogP contribution in [0.2, 0.25) is 0 Å². The lowest BCUT2D eigenvalue weighted by atomic mass is 9.96. The molecular weight excluding hydrogens is 320 g/mol. The molecule has 0 unspecified atom stereocenters. The molecule has 0 spiro atoms. The van der Waals surface area contributed by atoms with Crippen LogP contribution in [0.25, 0.3) is 0 Å². The standard InChI is InChI=1S/C17H26N6O2/c1-11(15-21-20-12-7-6-10-23(12)15)18-13(24)8-5-9-14-19-16(22-25-14)17(2,3)4/h11H,5-10H2,1-4H3,(H,18,24)/t11-/m1/s1. The molecular formula is C17H26N6O2. The average Bonchev–Trinajstić information content (AvgIpc) is 3.22. The summed E-state index contributed by atoms with van der Waals surface area (Å²) in [5.41, 5.74) is -0.132. The summed E-state index contributed by atoms with van der Waals surface area (Å²) in [6.45, 7) is 9.00. The zero-order chi connectivity index (χ0) is 18.0. The highest BCUT2D eigenvalue weighted by Gasteiger charge is 2.23. The fourth-order valence-corrected chi connectivity index (χ4v) is 2.93. The van der Waals surface area contributed by atoms with Gasteiger partial charge in [-0.1, -0.05) is 25.9 Å². The van der Waals surface area contributed by atoms with Gasteiger partial charge in [0.2, 0.25) is 11.8 Å². The van der Waals surface area contributed by atoms with Gasteiger partial charge in [-0.3, -0.25) is 4.79 Å². The smallest absolute Gasteiger partial charge is 0.226 e. The normalized spacial score (nSPS) is 15.2. The highest BCUT2D eigenvalue weighted by Crippen LogP contribution is 2.20. The van der Waals surface area contributed by atoms with Crippen LogP contribution >= 0.6 is 0 Å². The Morgan fingerprint density at radius 1 is 1.36 bits per heavy atom. The second-order valence-corrected chi connectivity index (χ2v) is 7.63. The van der Waals surface area contributed by atoms with Gasteiger partial charge in [0.05, 0.1) is 6.04 Å². The number of hydrogen-bond donors (Lipinski definition) is 1. The van der Waals surface area contributed by atoms with Crippen molar-refractivity contribution in [1.82, 2.24) is 30.2 Å². The van der Waals surface area contributed by atoms with Gasteiger partial charge in [-0.25, -0.2) is 0 Å². The first-order valence-electron chi connectivity index (χ1n) is 8.89. The summed E-state index contributed by atoms with van der Waals surface area (Å²) in [6, 6.07) is -0.136. The summed E-state index contributed by atoms with van der Waals surface area (Å²) in [6.07, 6.45) is 3.75. The van der Waals surface area contributed by atoms with Crippen molar-refractivity contribution < 1.29 is 9.32 Å². The van der Waals surface area contributed by atoms with E-state index < -0.39 is 0 Å². The van der Waals surface area contributed by atoms with E-state index in [0.717, 1.165) is 31.0 Å². The maximum absolute atomic E-state index is 12.2. The van der Waals surface area contributed by atoms with Gasteiger partial charge in [0.25, 0.3) is 0 Å². The molecule has 3 heterocycles. The van der Waals surface area contributed by atoms with Crippen LogP contribution in [0.1, 0.15) is 76.4 Å². The number of hydrogen-bond acceptors (Lipinski definition) is 6. The zero-order valence-electron chi connectivity index (χ0n) is 15.4. The Kier molecular flexibility index (Phi) is 4.87. The van der Waals surface area contributed by atoms with Gasteiger partial charge < -0.3 is 14.4 Å². The second-order valence-electron chi connectivity index (χ2n) is 7.63. The van der Waals surface area contributed by atoms with Crippen LogP contribution in [-0.2, 0) is 29.6 Å². The zero-order valence-corrected chi connectivity index (χ0v) is 15.4. The molecule has 8 heteroatoms. The summed E-state index contributed by atoms with van der Waals surface area (Å²) in [7, 11) is 0. The number of nitrogens with zero attached hydrogens (tertiary/aromatic N) is 5. The average molecular weight is 346 g/mol. The molecule has 0 aliphatic carbocycles. The van der Waals surface area contributed by atoms with Gasteiger partial charge in [-0.05, 0) is 19.8 Å². The van der Waals surface area contributed by atoms with E-state index in [1.54, 1.807) is 0 Å². The molecule has 1 aliphatic heterocycles. The van der Waals surface area contributed by atoms with Crippen molar-refractivity contribution in [3.05, 3.63) is 23.4 Å². The molecule has 8 nitrogen and oxygen atoms in total. The van der Waals surface area contributed by atoms with Gasteiger partial charge in [0.15, 0.2) is 11.6 Å². The van der Waals surface area contributed by atoms with Crippen molar-refractivity contribution in [1.29, 1.82) is 0 Å². The van der Waals surface area contributed by atoms with E-state index in [0.29, 0.717) is 31.0 Å². The lowest BCUT2D eigenvalue weighted by Gasteiger charge is -2.13. The quantitative estimate of drug-likeness (QED) is 0.860. The Balaban J connectivity index is 1.46. The van der Waals surface area contributed by atoms with Crippen LogP contribution in [0.5, 0.6) is 0 Å². The van der Waals surface area contributed by atoms with E-state index in [1.165, 1.54) is 0 Å². The highest BCUT2D eigenvalue weighted by atomic mass is 16.5. The van der Waals surface area contributed by atoms with Gasteiger partial charge >= 0.3 is 0 Å². The summed E-state index contributed by atoms with van der Waals surface area (Å²) in [5.74, 6) is 3.13. The number of carbonyl (C=O) groups is 1. The molecule has 0 saturated heterocycles. The van der Waals surface area contributed by atoms with Crippen molar-refractivity contribution in [2.75, 3.05) is 0 Å². The van der Waals surface area contributed by atoms with Crippen LogP contribution < -0.4 is 5.32 Å². The highest BCUT2D eigenvalue weighted by molar-refractivity contribution is 5.76. The first-order chi connectivity index (χ1) is 11.8. The maximum Gasteiger partial charge on any atom is 0.226 e. The van der Waals surface area contributed by atoms with E-state index in [-0.39, 0.29) is 17.4 Å². The molecule has 2 aromatic rings. The van der Waals surface area contributed by atoms with Crippen molar-refractivity contribution in [3.8, 4) is 0 Å². The van der Waals surface area contributed by atoms with Gasteiger partial charge in [-0.15, -0.1) is 10.2 Å². The first-order valence-corrected chi connectivity index (χ1v) is 8.89. The minimum absolute atomic E-state index is 0.00147. The molecule has 0 saturated carbocycles. The largest absolute Gasteiger partial charge is 0.346 e. The molecule has 0 fully saturated rings. The molecule has 0 radical (unpaired) electrons. The Labute approximate surface area is 147 Å². The SMILES string of the molecule is C[C@@H](NC(=O)CCCc1nc(C(C)(C)C)no1)c1nnc2n1CCC2. The number of amides is 1. The third kappa shape index (κ3) is 4.05. The summed E-state index contributed by atoms with van der Waals surface area (Å²) < 4.78 is 7.36. The number of fused-ring (bicyclic) bond motifs is 1. The molecule has 1 atom stereocenters. The molecule has 2 aromatic heterocycles. The Morgan fingerprint density at radius 3 is 2.88 bits per heavy atom. The minimum Gasteiger partial charge on any atom is -0.346 e. The number of nitrogens with one attached hydrogen (secondary N) is 1. The number of rotatable bonds is 6. The van der Waals surface area contributed by atoms with Crippen molar-refractivity contribution in [2.24, 2.45) is 0 Å². The molecule has 1 amide bonds. The molecule has 1 aliphatic rings. The third-order valence-electron chi connectivity index (χ3n) is 4.34. The molecule has 1 N–H and O–H groups in total. The lowest BCUT2D eigenvalue weighted by molar-refractivity contribution is -0.121. The summed E-state index contributed by atoms with van der Waals surface area (Å²) in [5, 5.41) is 15.4. The van der Waals surface area contributed by atoms with E-state index in [2.05, 4.69) is 30.2 Å². The predicted molar refractivity (Wildman–Crippen MR) is 90.8 cm³/mol. The summed E-state index contributed by atoms with van der Waals surface area (Å²) in [4.78, 5) is 16.6. The van der Waals surface area contributed by atoms with Crippen molar-refractivity contribution in [2.45, 2.75) is 77.8 Å².